The molecule has 2 aromatic rings. The fraction of sp³-hybridized carbons (Fsp3) is 0.0714. The maximum absolute atomic E-state index is 11.6. The average molecular weight is 576 g/mol. The first-order chi connectivity index (χ1) is 11.2. The molecule has 0 aliphatic carbocycles. The second-order valence-corrected chi connectivity index (χ2v) is 6.91. The van der Waals surface area contributed by atoms with E-state index in [4.69, 9.17) is 13.1 Å². The second-order valence-electron chi connectivity index (χ2n) is 4.17. The minimum absolute atomic E-state index is 0.0316. The normalized spacial score (nSPS) is 10.2. The molecule has 0 amide bonds. The molecule has 0 unspecified atom stereocenters. The van der Waals surface area contributed by atoms with Crippen molar-refractivity contribution in [3.8, 4) is 17.2 Å². The van der Waals surface area contributed by atoms with Crippen LogP contribution in [0.2, 0.25) is 0 Å². The number of benzene rings is 2. The Hall–Kier alpha value is -0.530. The van der Waals surface area contributed by atoms with Crippen LogP contribution in [0.1, 0.15) is 15.9 Å². The fourth-order valence-electron chi connectivity index (χ4n) is 1.81. The molecule has 0 spiro atoms. The topological polar surface area (TPSA) is 65.0 Å². The monoisotopic (exact) mass is 576 g/mol. The Morgan fingerprint density at radius 3 is 2.30 bits per heavy atom. The second kappa shape index (κ2) is 9.69. The molecule has 0 saturated carbocycles. The van der Waals surface area contributed by atoms with E-state index in [2.05, 4.69) is 0 Å². The van der Waals surface area contributed by atoms with Gasteiger partial charge < -0.3 is 18.2 Å². The van der Waals surface area contributed by atoms with Gasteiger partial charge in [0.1, 0.15) is 42.1 Å². The first-order valence-electron chi connectivity index (χ1n) is 6.14. The molecular weight excluding hydrogens is 566 g/mol. The average Bonchev–Trinajstić information content (AvgIpc) is 2.54. The molecule has 0 aliphatic heterocycles. The number of halogens is 2. The van der Waals surface area contributed by atoms with Crippen molar-refractivity contribution >= 4 is 66.8 Å². The Bertz CT molecular complexity index is 670. The predicted octanol–water partition coefficient (Wildman–Crippen LogP) is 5.72. The summed E-state index contributed by atoms with van der Waals surface area (Å²) in [5.74, 6) is -0.284. The van der Waals surface area contributed by atoms with Gasteiger partial charge in [-0.3, -0.25) is 0 Å². The van der Waals surface area contributed by atoms with Crippen LogP contribution in [0, 0.1) is 0 Å². The van der Waals surface area contributed by atoms with Crippen molar-refractivity contribution in [2.45, 2.75) is 6.61 Å². The standard InChI is InChI=1S/C14H10I2O5S2/c15-22-20-10-6-11(19-8-9-4-2-1-3-5-9)13(14(17)18)12(7-10)21-23-16/h1-7H,8H2,(H,17,18). The molecule has 0 aromatic heterocycles. The first-order valence-corrected chi connectivity index (χ1v) is 12.7. The Balaban J connectivity index is 2.35. The van der Waals surface area contributed by atoms with Crippen molar-refractivity contribution < 1.29 is 23.0 Å². The van der Waals surface area contributed by atoms with Crippen molar-refractivity contribution in [2.75, 3.05) is 0 Å². The van der Waals surface area contributed by atoms with E-state index in [1.165, 1.54) is 6.07 Å². The summed E-state index contributed by atoms with van der Waals surface area (Å²) in [5, 5.41) is 9.47. The summed E-state index contributed by atoms with van der Waals surface area (Å²) in [5.41, 5.74) is 0.903. The first kappa shape index (κ1) is 18.8. The molecule has 23 heavy (non-hydrogen) atoms. The van der Waals surface area contributed by atoms with E-state index in [0.717, 1.165) is 24.0 Å². The summed E-state index contributed by atoms with van der Waals surface area (Å²) in [4.78, 5) is 11.6. The summed E-state index contributed by atoms with van der Waals surface area (Å²) < 4.78 is 16.4. The van der Waals surface area contributed by atoms with Crippen molar-refractivity contribution in [3.63, 3.8) is 0 Å². The fourth-order valence-corrected chi connectivity index (χ4v) is 3.38. The van der Waals surface area contributed by atoms with E-state index >= 15 is 0 Å². The maximum atomic E-state index is 11.6. The zero-order valence-electron chi connectivity index (χ0n) is 11.4. The molecule has 9 heteroatoms. The predicted molar refractivity (Wildman–Crippen MR) is 109 cm³/mol. The molecule has 122 valence electrons. The molecule has 0 saturated heterocycles. The number of carboxylic acid groups (broad SMARTS) is 1. The highest BCUT2D eigenvalue weighted by Crippen LogP contribution is 2.38. The highest BCUT2D eigenvalue weighted by Gasteiger charge is 2.21. The SMILES string of the molecule is O=C(O)c1c(OCc2ccccc2)cc(OSI)cc1OSI. The number of carboxylic acids is 1. The number of rotatable bonds is 8. The van der Waals surface area contributed by atoms with E-state index in [1.54, 1.807) is 6.07 Å². The van der Waals surface area contributed by atoms with Crippen LogP contribution in [-0.4, -0.2) is 11.1 Å². The molecule has 0 atom stereocenters. The zero-order valence-corrected chi connectivity index (χ0v) is 17.3. The largest absolute Gasteiger partial charge is 0.488 e. The smallest absolute Gasteiger partial charge is 0.343 e. The Morgan fingerprint density at radius 2 is 1.70 bits per heavy atom. The van der Waals surface area contributed by atoms with Gasteiger partial charge in [0.25, 0.3) is 0 Å². The zero-order chi connectivity index (χ0) is 16.7. The van der Waals surface area contributed by atoms with E-state index in [9.17, 15) is 9.90 Å². The summed E-state index contributed by atoms with van der Waals surface area (Å²) in [6, 6.07) is 12.6. The van der Waals surface area contributed by atoms with Crippen molar-refractivity contribution in [1.29, 1.82) is 0 Å². The number of hydrogen-bond donors (Lipinski definition) is 1. The molecule has 2 rings (SSSR count). The Morgan fingerprint density at radius 1 is 1.04 bits per heavy atom. The molecule has 0 fully saturated rings. The van der Waals surface area contributed by atoms with Crippen LogP contribution in [0.5, 0.6) is 17.2 Å². The van der Waals surface area contributed by atoms with Gasteiger partial charge in [-0.1, -0.05) is 30.3 Å². The van der Waals surface area contributed by atoms with Gasteiger partial charge >= 0.3 is 5.97 Å². The van der Waals surface area contributed by atoms with E-state index in [1.807, 2.05) is 72.7 Å². The molecule has 0 bridgehead atoms. The van der Waals surface area contributed by atoms with E-state index in [-0.39, 0.29) is 23.7 Å². The van der Waals surface area contributed by atoms with E-state index < -0.39 is 5.97 Å². The quantitative estimate of drug-likeness (QED) is 0.319. The lowest BCUT2D eigenvalue weighted by Crippen LogP contribution is -2.05. The number of carbonyl (C=O) groups is 1. The summed E-state index contributed by atoms with van der Waals surface area (Å²) >= 11 is 3.90. The van der Waals surface area contributed by atoms with E-state index in [0.29, 0.717) is 5.75 Å². The van der Waals surface area contributed by atoms with Crippen LogP contribution in [0.15, 0.2) is 42.5 Å². The molecule has 0 radical (unpaired) electrons. The Kier molecular flexibility index (Phi) is 7.92. The van der Waals surface area contributed by atoms with Gasteiger partial charge in [0.2, 0.25) is 0 Å². The van der Waals surface area contributed by atoms with Crippen LogP contribution in [-0.2, 0) is 6.61 Å². The third kappa shape index (κ3) is 5.50. The van der Waals surface area contributed by atoms with Crippen LogP contribution in [0.25, 0.3) is 0 Å². The molecule has 0 heterocycles. The van der Waals surface area contributed by atoms with Gasteiger partial charge in [0.05, 0.1) is 0 Å². The minimum Gasteiger partial charge on any atom is -0.488 e. The van der Waals surface area contributed by atoms with Crippen LogP contribution < -0.4 is 13.1 Å². The van der Waals surface area contributed by atoms with Crippen LogP contribution in [0.4, 0.5) is 0 Å². The van der Waals surface area contributed by atoms with Gasteiger partial charge in [-0.25, -0.2) is 4.79 Å². The number of ether oxygens (including phenoxy) is 1. The third-order valence-electron chi connectivity index (χ3n) is 2.74. The third-order valence-corrected chi connectivity index (χ3v) is 4.32. The lowest BCUT2D eigenvalue weighted by Gasteiger charge is -2.14. The maximum Gasteiger partial charge on any atom is 0.343 e. The lowest BCUT2D eigenvalue weighted by molar-refractivity contribution is 0.0690. The molecule has 1 N–H and O–H groups in total. The highest BCUT2D eigenvalue weighted by molar-refractivity contribution is 14.2. The van der Waals surface area contributed by atoms with Gasteiger partial charge in [-0.15, -0.1) is 0 Å². The van der Waals surface area contributed by atoms with Crippen LogP contribution in [0.3, 0.4) is 0 Å². The van der Waals surface area contributed by atoms with Gasteiger partial charge in [0, 0.05) is 54.5 Å². The summed E-state index contributed by atoms with van der Waals surface area (Å²) in [6.07, 6.45) is 0. The number of hydrogen-bond acceptors (Lipinski definition) is 6. The van der Waals surface area contributed by atoms with Crippen molar-refractivity contribution in [3.05, 3.63) is 53.6 Å². The van der Waals surface area contributed by atoms with Gasteiger partial charge in [-0.2, -0.15) is 0 Å². The number of aromatic carboxylic acids is 1. The molecule has 0 aliphatic rings. The Labute approximate surface area is 166 Å². The summed E-state index contributed by atoms with van der Waals surface area (Å²) in [6.45, 7) is 0.249. The van der Waals surface area contributed by atoms with Crippen LogP contribution >= 0.6 is 60.8 Å². The van der Waals surface area contributed by atoms with Gasteiger partial charge in [0.15, 0.2) is 5.75 Å². The van der Waals surface area contributed by atoms with Crippen molar-refractivity contribution in [2.24, 2.45) is 0 Å². The van der Waals surface area contributed by atoms with Gasteiger partial charge in [-0.05, 0) is 5.56 Å². The minimum atomic E-state index is -1.12. The molecule has 5 nitrogen and oxygen atoms in total. The lowest BCUT2D eigenvalue weighted by atomic mass is 10.1. The molecule has 2 aromatic carbocycles. The summed E-state index contributed by atoms with van der Waals surface area (Å²) in [7, 11) is 2.14. The van der Waals surface area contributed by atoms with Crippen molar-refractivity contribution in [1.82, 2.24) is 0 Å². The highest BCUT2D eigenvalue weighted by atomic mass is 127. The molecular formula is C14H10I2O5S2.